The Labute approximate surface area is 147 Å². The van der Waals surface area contributed by atoms with Gasteiger partial charge in [0.15, 0.2) is 0 Å². The maximum atomic E-state index is 9.99. The van der Waals surface area contributed by atoms with Gasteiger partial charge in [-0.1, -0.05) is 23.7 Å². The Bertz CT molecular complexity index is 723. The fourth-order valence-electron chi connectivity index (χ4n) is 2.71. The summed E-state index contributed by atoms with van der Waals surface area (Å²) in [6, 6.07) is 11.7. The number of halogens is 1. The highest BCUT2D eigenvalue weighted by molar-refractivity contribution is 6.32. The molecular formula is C19H21ClN2O2. The van der Waals surface area contributed by atoms with E-state index in [4.69, 9.17) is 16.3 Å². The molecule has 0 aromatic heterocycles. The van der Waals surface area contributed by atoms with Gasteiger partial charge in [0.2, 0.25) is 0 Å². The standard InChI is InChI=1S/C19H21ClN2O2/c1-14-10-16(19(23)18(20)11-14)12-21-17-4-2-15(3-5-17)13-22-6-8-24-9-7-22/h2-5,10-12,23H,6-9,13H2,1H3. The second-order valence-electron chi connectivity index (χ2n) is 6.00. The lowest BCUT2D eigenvalue weighted by molar-refractivity contribution is 0.0342. The van der Waals surface area contributed by atoms with Crippen LogP contribution < -0.4 is 0 Å². The maximum absolute atomic E-state index is 9.99. The van der Waals surface area contributed by atoms with Gasteiger partial charge < -0.3 is 9.84 Å². The molecule has 24 heavy (non-hydrogen) atoms. The van der Waals surface area contributed by atoms with E-state index in [1.807, 2.05) is 25.1 Å². The quantitative estimate of drug-likeness (QED) is 0.854. The second kappa shape index (κ2) is 7.79. The van der Waals surface area contributed by atoms with Crippen LogP contribution in [0.25, 0.3) is 0 Å². The largest absolute Gasteiger partial charge is 0.506 e. The normalized spacial score (nSPS) is 15.9. The van der Waals surface area contributed by atoms with Gasteiger partial charge in [0.25, 0.3) is 0 Å². The molecule has 0 aliphatic carbocycles. The molecule has 4 nitrogen and oxygen atoms in total. The first-order valence-corrected chi connectivity index (χ1v) is 8.42. The van der Waals surface area contributed by atoms with Gasteiger partial charge >= 0.3 is 0 Å². The monoisotopic (exact) mass is 344 g/mol. The zero-order chi connectivity index (χ0) is 16.9. The van der Waals surface area contributed by atoms with E-state index in [1.54, 1.807) is 12.3 Å². The number of benzene rings is 2. The third-order valence-corrected chi connectivity index (χ3v) is 4.32. The van der Waals surface area contributed by atoms with E-state index in [1.165, 1.54) is 5.56 Å². The van der Waals surface area contributed by atoms with E-state index >= 15 is 0 Å². The number of aromatic hydroxyl groups is 1. The molecule has 1 aliphatic heterocycles. The molecule has 5 heteroatoms. The Morgan fingerprint density at radius 1 is 1.21 bits per heavy atom. The lowest BCUT2D eigenvalue weighted by Gasteiger charge is -2.26. The molecule has 1 N–H and O–H groups in total. The predicted octanol–water partition coefficient (Wildman–Crippen LogP) is 3.94. The van der Waals surface area contributed by atoms with Crippen molar-refractivity contribution in [2.45, 2.75) is 13.5 Å². The maximum Gasteiger partial charge on any atom is 0.142 e. The average molecular weight is 345 g/mol. The van der Waals surface area contributed by atoms with Crippen LogP contribution in [-0.2, 0) is 11.3 Å². The number of hydrogen-bond donors (Lipinski definition) is 1. The van der Waals surface area contributed by atoms with Crippen molar-refractivity contribution in [2.24, 2.45) is 4.99 Å². The van der Waals surface area contributed by atoms with Crippen LogP contribution in [0, 0.1) is 6.92 Å². The van der Waals surface area contributed by atoms with Crippen molar-refractivity contribution in [1.29, 1.82) is 0 Å². The zero-order valence-corrected chi connectivity index (χ0v) is 14.5. The van der Waals surface area contributed by atoms with Crippen LogP contribution in [0.4, 0.5) is 5.69 Å². The minimum Gasteiger partial charge on any atom is -0.506 e. The summed E-state index contributed by atoms with van der Waals surface area (Å²) in [5.74, 6) is 0.0648. The fourth-order valence-corrected chi connectivity index (χ4v) is 2.99. The van der Waals surface area contributed by atoms with E-state index in [0.717, 1.165) is 44.1 Å². The summed E-state index contributed by atoms with van der Waals surface area (Å²) in [7, 11) is 0. The van der Waals surface area contributed by atoms with Crippen molar-refractivity contribution >= 4 is 23.5 Å². The molecule has 3 rings (SSSR count). The minimum absolute atomic E-state index is 0.0648. The molecule has 0 unspecified atom stereocenters. The highest BCUT2D eigenvalue weighted by Crippen LogP contribution is 2.28. The Morgan fingerprint density at radius 2 is 1.92 bits per heavy atom. The van der Waals surface area contributed by atoms with Gasteiger partial charge in [-0.15, -0.1) is 0 Å². The van der Waals surface area contributed by atoms with Crippen LogP contribution in [0.5, 0.6) is 5.75 Å². The second-order valence-corrected chi connectivity index (χ2v) is 6.40. The Kier molecular flexibility index (Phi) is 5.51. The molecule has 126 valence electrons. The number of nitrogens with zero attached hydrogens (tertiary/aromatic N) is 2. The van der Waals surface area contributed by atoms with Gasteiger partial charge in [-0.25, -0.2) is 0 Å². The number of hydrogen-bond acceptors (Lipinski definition) is 4. The van der Waals surface area contributed by atoms with Crippen LogP contribution >= 0.6 is 11.6 Å². The summed E-state index contributed by atoms with van der Waals surface area (Å²) < 4.78 is 5.37. The Hall–Kier alpha value is -1.88. The van der Waals surface area contributed by atoms with Crippen LogP contribution in [0.2, 0.25) is 5.02 Å². The van der Waals surface area contributed by atoms with Gasteiger partial charge in [-0.2, -0.15) is 0 Å². The van der Waals surface area contributed by atoms with Crippen LogP contribution in [0.1, 0.15) is 16.7 Å². The summed E-state index contributed by atoms with van der Waals surface area (Å²) >= 11 is 5.99. The molecule has 0 atom stereocenters. The SMILES string of the molecule is Cc1cc(Cl)c(O)c(C=Nc2ccc(CN3CCOCC3)cc2)c1. The first-order chi connectivity index (χ1) is 11.6. The number of aryl methyl sites for hydroxylation is 1. The highest BCUT2D eigenvalue weighted by atomic mass is 35.5. The number of phenolic OH excluding ortho intramolecular Hbond substituents is 1. The molecule has 1 aliphatic rings. The van der Waals surface area contributed by atoms with Crippen molar-refractivity contribution in [3.63, 3.8) is 0 Å². The summed E-state index contributed by atoms with van der Waals surface area (Å²) in [5, 5.41) is 10.3. The molecule has 0 spiro atoms. The molecule has 1 heterocycles. The van der Waals surface area contributed by atoms with Crippen LogP contribution in [0.3, 0.4) is 0 Å². The molecule has 2 aromatic carbocycles. The number of ether oxygens (including phenoxy) is 1. The third kappa shape index (κ3) is 4.35. The third-order valence-electron chi connectivity index (χ3n) is 4.04. The molecule has 0 amide bonds. The molecule has 1 fully saturated rings. The van der Waals surface area contributed by atoms with Crippen molar-refractivity contribution in [1.82, 2.24) is 4.90 Å². The predicted molar refractivity (Wildman–Crippen MR) is 97.6 cm³/mol. The summed E-state index contributed by atoms with van der Waals surface area (Å²) in [6.07, 6.45) is 1.64. The number of phenols is 1. The molecular weight excluding hydrogens is 324 g/mol. The van der Waals surface area contributed by atoms with Gasteiger partial charge in [0, 0.05) is 31.4 Å². The van der Waals surface area contributed by atoms with Gasteiger partial charge in [-0.05, 0) is 42.3 Å². The van der Waals surface area contributed by atoms with Crippen molar-refractivity contribution in [2.75, 3.05) is 26.3 Å². The number of aliphatic imine (C=N–C) groups is 1. The lowest BCUT2D eigenvalue weighted by atomic mass is 10.1. The van der Waals surface area contributed by atoms with Crippen molar-refractivity contribution in [3.05, 3.63) is 58.1 Å². The smallest absolute Gasteiger partial charge is 0.142 e. The first-order valence-electron chi connectivity index (χ1n) is 8.04. The van der Waals surface area contributed by atoms with E-state index in [0.29, 0.717) is 10.6 Å². The van der Waals surface area contributed by atoms with E-state index in [9.17, 15) is 5.11 Å². The lowest BCUT2D eigenvalue weighted by Crippen LogP contribution is -2.35. The topological polar surface area (TPSA) is 45.1 Å². The van der Waals surface area contributed by atoms with Gasteiger partial charge in [0.1, 0.15) is 5.75 Å². The first kappa shape index (κ1) is 17.0. The molecule has 0 bridgehead atoms. The van der Waals surface area contributed by atoms with Gasteiger partial charge in [-0.3, -0.25) is 9.89 Å². The number of morpholine rings is 1. The summed E-state index contributed by atoms with van der Waals surface area (Å²) in [6.45, 7) is 6.45. The van der Waals surface area contributed by atoms with E-state index in [2.05, 4.69) is 22.0 Å². The van der Waals surface area contributed by atoms with Crippen LogP contribution in [-0.4, -0.2) is 42.5 Å². The van der Waals surface area contributed by atoms with Gasteiger partial charge in [0.05, 0.1) is 23.9 Å². The van der Waals surface area contributed by atoms with Crippen molar-refractivity contribution in [3.8, 4) is 5.75 Å². The molecule has 1 saturated heterocycles. The summed E-state index contributed by atoms with van der Waals surface area (Å²) in [5.41, 5.74) is 3.72. The van der Waals surface area contributed by atoms with E-state index < -0.39 is 0 Å². The number of rotatable bonds is 4. The average Bonchev–Trinajstić information content (AvgIpc) is 2.59. The summed E-state index contributed by atoms with van der Waals surface area (Å²) in [4.78, 5) is 6.81. The molecule has 2 aromatic rings. The fraction of sp³-hybridized carbons (Fsp3) is 0.316. The highest BCUT2D eigenvalue weighted by Gasteiger charge is 2.10. The molecule has 0 saturated carbocycles. The van der Waals surface area contributed by atoms with E-state index in [-0.39, 0.29) is 5.75 Å². The molecule has 0 radical (unpaired) electrons. The van der Waals surface area contributed by atoms with Crippen LogP contribution in [0.15, 0.2) is 41.4 Å². The Morgan fingerprint density at radius 3 is 2.62 bits per heavy atom. The van der Waals surface area contributed by atoms with Crippen molar-refractivity contribution < 1.29 is 9.84 Å². The zero-order valence-electron chi connectivity index (χ0n) is 13.7. The Balaban J connectivity index is 1.67. The minimum atomic E-state index is 0.0648.